The van der Waals surface area contributed by atoms with E-state index in [4.69, 9.17) is 11.6 Å². The van der Waals surface area contributed by atoms with Gasteiger partial charge in [0, 0.05) is 12.4 Å². The molecule has 0 fully saturated rings. The van der Waals surface area contributed by atoms with Crippen LogP contribution in [0.5, 0.6) is 0 Å². The summed E-state index contributed by atoms with van der Waals surface area (Å²) in [4.78, 5) is 0. The molecule has 0 aliphatic rings. The molecule has 0 radical (unpaired) electrons. The van der Waals surface area contributed by atoms with E-state index in [1.165, 1.54) is 0 Å². The van der Waals surface area contributed by atoms with Crippen LogP contribution in [-0.2, 0) is 10.0 Å². The van der Waals surface area contributed by atoms with Crippen molar-refractivity contribution >= 4 is 21.6 Å². The van der Waals surface area contributed by atoms with Crippen LogP contribution in [0.4, 0.5) is 0 Å². The lowest BCUT2D eigenvalue weighted by molar-refractivity contribution is 0.263. The molecule has 5 heteroatoms. The van der Waals surface area contributed by atoms with Crippen molar-refractivity contribution in [2.24, 2.45) is 11.3 Å². The highest BCUT2D eigenvalue weighted by Crippen LogP contribution is 2.24. The summed E-state index contributed by atoms with van der Waals surface area (Å²) in [6.07, 6.45) is 1.38. The zero-order valence-corrected chi connectivity index (χ0v) is 12.3. The summed E-state index contributed by atoms with van der Waals surface area (Å²) >= 11 is 5.50. The monoisotopic (exact) mass is 269 g/mol. The second kappa shape index (κ2) is 6.82. The summed E-state index contributed by atoms with van der Waals surface area (Å²) in [5.41, 5.74) is 0.124. The number of unbranched alkanes of at least 4 members (excludes halogenated alkanes) is 1. The molecule has 0 aliphatic carbocycles. The fourth-order valence-electron chi connectivity index (χ4n) is 1.02. The Labute approximate surface area is 105 Å². The van der Waals surface area contributed by atoms with Crippen LogP contribution in [0.25, 0.3) is 0 Å². The minimum absolute atomic E-state index is 0.124. The summed E-state index contributed by atoms with van der Waals surface area (Å²) in [5.74, 6) is 1.01. The van der Waals surface area contributed by atoms with Gasteiger partial charge >= 0.3 is 0 Å². The van der Waals surface area contributed by atoms with Crippen LogP contribution in [0.3, 0.4) is 0 Å². The summed E-state index contributed by atoms with van der Waals surface area (Å²) in [5, 5.41) is 0. The second-order valence-electron chi connectivity index (χ2n) is 5.33. The lowest BCUT2D eigenvalue weighted by Gasteiger charge is -2.27. The first-order valence-electron chi connectivity index (χ1n) is 5.72. The Morgan fingerprint density at radius 3 is 2.25 bits per heavy atom. The predicted octanol–water partition coefficient (Wildman–Crippen LogP) is 2.61. The van der Waals surface area contributed by atoms with E-state index < -0.39 is 10.0 Å². The van der Waals surface area contributed by atoms with Crippen LogP contribution in [0.15, 0.2) is 0 Å². The molecular formula is C11H24ClNO2S. The van der Waals surface area contributed by atoms with Gasteiger partial charge in [0.25, 0.3) is 0 Å². The Balaban J connectivity index is 4.00. The number of hydrogen-bond donors (Lipinski definition) is 1. The average Bonchev–Trinajstić information content (AvgIpc) is 2.13. The van der Waals surface area contributed by atoms with Gasteiger partial charge in [-0.15, -0.1) is 11.6 Å². The Bertz CT molecular complexity index is 283. The van der Waals surface area contributed by atoms with Gasteiger partial charge in [-0.1, -0.05) is 27.7 Å². The third-order valence-corrected chi connectivity index (χ3v) is 4.58. The van der Waals surface area contributed by atoms with Crippen LogP contribution in [-0.4, -0.2) is 26.6 Å². The predicted molar refractivity (Wildman–Crippen MR) is 70.4 cm³/mol. The molecule has 0 aromatic rings. The third kappa shape index (κ3) is 7.47. The Morgan fingerprint density at radius 2 is 1.81 bits per heavy atom. The van der Waals surface area contributed by atoms with Gasteiger partial charge in [-0.05, 0) is 24.2 Å². The summed E-state index contributed by atoms with van der Waals surface area (Å²) in [6, 6.07) is 0. The lowest BCUT2D eigenvalue weighted by Crippen LogP contribution is -2.35. The largest absolute Gasteiger partial charge is 0.215 e. The topological polar surface area (TPSA) is 46.2 Å². The molecule has 0 bridgehead atoms. The summed E-state index contributed by atoms with van der Waals surface area (Å²) in [7, 11) is -3.12. The van der Waals surface area contributed by atoms with Crippen LogP contribution >= 0.6 is 11.6 Å². The zero-order chi connectivity index (χ0) is 12.8. The fraction of sp³-hybridized carbons (Fsp3) is 1.00. The molecule has 0 amide bonds. The average molecular weight is 270 g/mol. The van der Waals surface area contributed by atoms with Gasteiger partial charge in [0.05, 0.1) is 5.75 Å². The van der Waals surface area contributed by atoms with Crippen molar-refractivity contribution in [3.8, 4) is 0 Å². The van der Waals surface area contributed by atoms with Crippen LogP contribution < -0.4 is 4.72 Å². The van der Waals surface area contributed by atoms with E-state index in [2.05, 4.69) is 32.4 Å². The van der Waals surface area contributed by atoms with E-state index in [1.807, 2.05) is 0 Å². The standard InChI is InChI=1S/C11H24ClNO2S/c1-10(11(2,3)4)9-13-16(14,15)8-6-5-7-12/h10,13H,5-9H2,1-4H3. The maximum Gasteiger partial charge on any atom is 0.211 e. The van der Waals surface area contributed by atoms with E-state index in [0.29, 0.717) is 24.8 Å². The van der Waals surface area contributed by atoms with Gasteiger partial charge in [-0.2, -0.15) is 0 Å². The number of nitrogens with one attached hydrogen (secondary N) is 1. The highest BCUT2D eigenvalue weighted by molar-refractivity contribution is 7.89. The molecule has 16 heavy (non-hydrogen) atoms. The normalized spacial score (nSPS) is 15.1. The molecule has 0 rings (SSSR count). The molecule has 1 N–H and O–H groups in total. The Morgan fingerprint density at radius 1 is 1.25 bits per heavy atom. The highest BCUT2D eigenvalue weighted by Gasteiger charge is 2.21. The van der Waals surface area contributed by atoms with Crippen molar-refractivity contribution in [1.82, 2.24) is 4.72 Å². The first-order valence-corrected chi connectivity index (χ1v) is 7.91. The second-order valence-corrected chi connectivity index (χ2v) is 7.63. The van der Waals surface area contributed by atoms with E-state index in [1.54, 1.807) is 0 Å². The maximum atomic E-state index is 11.6. The number of hydrogen-bond acceptors (Lipinski definition) is 2. The number of halogens is 1. The van der Waals surface area contributed by atoms with Gasteiger partial charge in [0.2, 0.25) is 10.0 Å². The van der Waals surface area contributed by atoms with Crippen molar-refractivity contribution in [2.45, 2.75) is 40.5 Å². The van der Waals surface area contributed by atoms with E-state index in [-0.39, 0.29) is 11.2 Å². The smallest absolute Gasteiger partial charge is 0.211 e. The van der Waals surface area contributed by atoms with Gasteiger partial charge in [-0.3, -0.25) is 0 Å². The van der Waals surface area contributed by atoms with Crippen LogP contribution in [0, 0.1) is 11.3 Å². The van der Waals surface area contributed by atoms with Gasteiger partial charge in [0.15, 0.2) is 0 Å². The van der Waals surface area contributed by atoms with Gasteiger partial charge in [-0.25, -0.2) is 13.1 Å². The third-order valence-electron chi connectivity index (χ3n) is 2.88. The molecule has 0 aliphatic heterocycles. The molecule has 1 unspecified atom stereocenters. The van der Waals surface area contributed by atoms with E-state index in [9.17, 15) is 8.42 Å². The van der Waals surface area contributed by atoms with Crippen molar-refractivity contribution in [3.63, 3.8) is 0 Å². The van der Waals surface area contributed by atoms with Crippen molar-refractivity contribution in [3.05, 3.63) is 0 Å². The molecular weight excluding hydrogens is 246 g/mol. The quantitative estimate of drug-likeness (QED) is 0.570. The first kappa shape index (κ1) is 16.2. The van der Waals surface area contributed by atoms with Crippen molar-refractivity contribution in [2.75, 3.05) is 18.2 Å². The highest BCUT2D eigenvalue weighted by atomic mass is 35.5. The molecule has 98 valence electrons. The Hall–Kier alpha value is 0.200. The van der Waals surface area contributed by atoms with Gasteiger partial charge in [0.1, 0.15) is 0 Å². The zero-order valence-electron chi connectivity index (χ0n) is 10.7. The summed E-state index contributed by atoms with van der Waals surface area (Å²) in [6.45, 7) is 8.90. The molecule has 0 aromatic carbocycles. The fourth-order valence-corrected chi connectivity index (χ4v) is 2.44. The van der Waals surface area contributed by atoms with Crippen LogP contribution in [0.2, 0.25) is 0 Å². The minimum atomic E-state index is -3.12. The number of alkyl halides is 1. The van der Waals surface area contributed by atoms with E-state index in [0.717, 1.165) is 6.42 Å². The molecule has 0 heterocycles. The molecule has 1 atom stereocenters. The molecule has 0 aromatic heterocycles. The SMILES string of the molecule is CC(CNS(=O)(=O)CCCCCl)C(C)(C)C. The molecule has 3 nitrogen and oxygen atoms in total. The minimum Gasteiger partial charge on any atom is -0.215 e. The van der Waals surface area contributed by atoms with Crippen molar-refractivity contribution < 1.29 is 8.42 Å². The number of rotatable bonds is 7. The molecule has 0 saturated heterocycles. The molecule has 0 saturated carbocycles. The Kier molecular flexibility index (Phi) is 6.90. The molecule has 0 spiro atoms. The van der Waals surface area contributed by atoms with Crippen molar-refractivity contribution in [1.29, 1.82) is 0 Å². The van der Waals surface area contributed by atoms with Crippen LogP contribution in [0.1, 0.15) is 40.5 Å². The number of sulfonamides is 1. The lowest BCUT2D eigenvalue weighted by atomic mass is 9.82. The summed E-state index contributed by atoms with van der Waals surface area (Å²) < 4.78 is 25.8. The maximum absolute atomic E-state index is 11.6. The first-order chi connectivity index (χ1) is 7.19. The van der Waals surface area contributed by atoms with Gasteiger partial charge < -0.3 is 0 Å². The van der Waals surface area contributed by atoms with E-state index >= 15 is 0 Å².